The van der Waals surface area contributed by atoms with Crippen LogP contribution in [0.3, 0.4) is 0 Å². The molecule has 0 saturated carbocycles. The van der Waals surface area contributed by atoms with Crippen molar-refractivity contribution >= 4 is 6.01 Å². The van der Waals surface area contributed by atoms with Gasteiger partial charge < -0.3 is 0 Å². The third-order valence-corrected chi connectivity index (χ3v) is 0.323. The molecule has 2 heteroatoms. The molecule has 0 aromatic rings. The molecule has 1 N–H and O–H groups in total. The van der Waals surface area contributed by atoms with Crippen LogP contribution in [0.4, 0.5) is 0 Å². The summed E-state index contributed by atoms with van der Waals surface area (Å²) < 4.78 is 0. The van der Waals surface area contributed by atoms with Crippen molar-refractivity contribution in [1.82, 2.24) is 0 Å². The lowest BCUT2D eigenvalue weighted by atomic mass is 10.4. The molecule has 2 nitrogen and oxygen atoms in total. The van der Waals surface area contributed by atoms with Crippen molar-refractivity contribution in [2.75, 3.05) is 0 Å². The van der Waals surface area contributed by atoms with Crippen LogP contribution in [-0.2, 0) is 0 Å². The third kappa shape index (κ3) is 3.38. The van der Waals surface area contributed by atoms with Crippen LogP contribution in [0.15, 0.2) is 4.99 Å². The van der Waals surface area contributed by atoms with E-state index in [1.54, 1.807) is 0 Å². The van der Waals surface area contributed by atoms with E-state index in [1.807, 2.05) is 19.9 Å². The van der Waals surface area contributed by atoms with Crippen molar-refractivity contribution in [2.45, 2.75) is 19.9 Å². The van der Waals surface area contributed by atoms with Gasteiger partial charge in [-0.05, 0) is 13.8 Å². The zero-order valence-electron chi connectivity index (χ0n) is 4.02. The van der Waals surface area contributed by atoms with E-state index in [0.717, 1.165) is 0 Å². The highest BCUT2D eigenvalue weighted by Crippen LogP contribution is 1.78. The van der Waals surface area contributed by atoms with E-state index in [9.17, 15) is 0 Å². The maximum absolute atomic E-state index is 6.32. The average Bonchev–Trinajstić information content (AvgIpc) is 1.35. The molecule has 0 atom stereocenters. The lowest BCUT2D eigenvalue weighted by Gasteiger charge is -1.83. The highest BCUT2D eigenvalue weighted by atomic mass is 14.7. The van der Waals surface area contributed by atoms with Crippen LogP contribution in [0.25, 0.3) is 0 Å². The van der Waals surface area contributed by atoms with Gasteiger partial charge in [-0.25, -0.2) is 10.4 Å². The van der Waals surface area contributed by atoms with Gasteiger partial charge in [0.2, 0.25) is 0 Å². The molecule has 34 valence electrons. The van der Waals surface area contributed by atoms with Gasteiger partial charge in [0.05, 0.1) is 12.1 Å². The topological polar surface area (TPSA) is 36.2 Å². The molecule has 0 amide bonds. The average molecular weight is 84.1 g/mol. The molecule has 0 aliphatic carbocycles. The summed E-state index contributed by atoms with van der Waals surface area (Å²) in [5, 5.41) is 6.32. The second-order valence-corrected chi connectivity index (χ2v) is 1.33. The van der Waals surface area contributed by atoms with Crippen LogP contribution in [0.5, 0.6) is 0 Å². The number of nitrogens with one attached hydrogen (secondary N) is 1. The molecule has 0 unspecified atom stereocenters. The highest BCUT2D eigenvalue weighted by Gasteiger charge is 1.77. The zero-order chi connectivity index (χ0) is 4.99. The molecule has 0 radical (unpaired) electrons. The van der Waals surface area contributed by atoms with Crippen LogP contribution in [0.1, 0.15) is 13.8 Å². The quantitative estimate of drug-likeness (QED) is 0.463. The maximum Gasteiger partial charge on any atom is 0.0864 e. The molecular weight excluding hydrogens is 76.1 g/mol. The fourth-order valence-corrected chi connectivity index (χ4v) is 0.129. The monoisotopic (exact) mass is 84.1 g/mol. The molecule has 0 rings (SSSR count). The van der Waals surface area contributed by atoms with Gasteiger partial charge in [-0.2, -0.15) is 0 Å². The van der Waals surface area contributed by atoms with Crippen LogP contribution in [0, 0.1) is 5.41 Å². The van der Waals surface area contributed by atoms with Crippen molar-refractivity contribution in [3.63, 3.8) is 0 Å². The van der Waals surface area contributed by atoms with Crippen molar-refractivity contribution in [3.8, 4) is 0 Å². The van der Waals surface area contributed by atoms with Gasteiger partial charge in [0, 0.05) is 0 Å². The molecular formula is C4H8N2. The molecule has 0 aromatic carbocycles. The number of nitrogens with zero attached hydrogens (tertiary/aromatic N) is 1. The first kappa shape index (κ1) is 5.38. The van der Waals surface area contributed by atoms with Gasteiger partial charge in [0.1, 0.15) is 0 Å². The first-order valence-electron chi connectivity index (χ1n) is 1.89. The lowest BCUT2D eigenvalue weighted by Crippen LogP contribution is -1.83. The summed E-state index contributed by atoms with van der Waals surface area (Å²) >= 11 is 0. The Kier molecular flexibility index (Phi) is 2.34. The molecule has 0 aromatic heterocycles. The Labute approximate surface area is 37.4 Å². The molecule has 0 fully saturated rings. The molecule has 0 spiro atoms. The summed E-state index contributed by atoms with van der Waals surface area (Å²) in [6.07, 6.45) is 0. The Morgan fingerprint density at radius 3 is 2.17 bits per heavy atom. The minimum Gasteiger partial charge on any atom is -0.242 e. The molecule has 0 bridgehead atoms. The largest absolute Gasteiger partial charge is 0.242 e. The number of hydrogen-bond donors (Lipinski definition) is 1. The van der Waals surface area contributed by atoms with Crippen molar-refractivity contribution < 1.29 is 0 Å². The van der Waals surface area contributed by atoms with E-state index < -0.39 is 0 Å². The van der Waals surface area contributed by atoms with E-state index in [2.05, 4.69) is 4.99 Å². The van der Waals surface area contributed by atoms with E-state index in [1.165, 1.54) is 0 Å². The minimum atomic E-state index is 0.225. The molecule has 0 aliphatic rings. The summed E-state index contributed by atoms with van der Waals surface area (Å²) in [6, 6.07) is 2.17. The van der Waals surface area contributed by atoms with Crippen molar-refractivity contribution in [2.24, 2.45) is 4.99 Å². The summed E-state index contributed by atoms with van der Waals surface area (Å²) in [4.78, 5) is 3.54. The van der Waals surface area contributed by atoms with E-state index in [4.69, 9.17) is 5.41 Å². The second-order valence-electron chi connectivity index (χ2n) is 1.33. The molecule has 0 heterocycles. The predicted molar refractivity (Wildman–Crippen MR) is 25.3 cm³/mol. The fraction of sp³-hybridized carbons (Fsp3) is 0.750. The smallest absolute Gasteiger partial charge is 0.0864 e. The SMILES string of the molecule is CC(C)N=C=N. The van der Waals surface area contributed by atoms with Crippen LogP contribution in [0.2, 0.25) is 0 Å². The van der Waals surface area contributed by atoms with Gasteiger partial charge in [-0.15, -0.1) is 0 Å². The minimum absolute atomic E-state index is 0.225. The van der Waals surface area contributed by atoms with Crippen molar-refractivity contribution in [1.29, 1.82) is 5.41 Å². The van der Waals surface area contributed by atoms with E-state index in [-0.39, 0.29) is 6.04 Å². The van der Waals surface area contributed by atoms with Gasteiger partial charge in [-0.1, -0.05) is 0 Å². The Hall–Kier alpha value is -0.620. The molecule has 0 saturated heterocycles. The number of rotatable bonds is 1. The molecule has 6 heavy (non-hydrogen) atoms. The van der Waals surface area contributed by atoms with Gasteiger partial charge >= 0.3 is 0 Å². The first-order chi connectivity index (χ1) is 2.77. The lowest BCUT2D eigenvalue weighted by molar-refractivity contribution is 0.841. The summed E-state index contributed by atoms with van der Waals surface area (Å²) in [5.41, 5.74) is 0. The summed E-state index contributed by atoms with van der Waals surface area (Å²) in [7, 11) is 0. The first-order valence-corrected chi connectivity index (χ1v) is 1.89. The maximum atomic E-state index is 6.32. The predicted octanol–water partition coefficient (Wildman–Crippen LogP) is 1.15. The van der Waals surface area contributed by atoms with Gasteiger partial charge in [-0.3, -0.25) is 0 Å². The van der Waals surface area contributed by atoms with Gasteiger partial charge in [0.15, 0.2) is 0 Å². The Balaban J connectivity index is 3.29. The normalized spacial score (nSPS) is 7.83. The van der Waals surface area contributed by atoms with Crippen LogP contribution in [-0.4, -0.2) is 12.1 Å². The van der Waals surface area contributed by atoms with E-state index in [0.29, 0.717) is 0 Å². The molecule has 0 aliphatic heterocycles. The second kappa shape index (κ2) is 2.61. The highest BCUT2D eigenvalue weighted by molar-refractivity contribution is 5.35. The van der Waals surface area contributed by atoms with Crippen molar-refractivity contribution in [3.05, 3.63) is 0 Å². The van der Waals surface area contributed by atoms with Gasteiger partial charge in [0.25, 0.3) is 0 Å². The summed E-state index contributed by atoms with van der Waals surface area (Å²) in [6.45, 7) is 3.81. The number of hydrogen-bond acceptors (Lipinski definition) is 2. The fourth-order valence-electron chi connectivity index (χ4n) is 0.129. The standard InChI is InChI=1S/C4H8N2/c1-4(2)6-3-5/h4-5H,1-2H3. The Morgan fingerprint density at radius 2 is 2.17 bits per heavy atom. The zero-order valence-corrected chi connectivity index (χ0v) is 4.02. The third-order valence-electron chi connectivity index (χ3n) is 0.323. The van der Waals surface area contributed by atoms with E-state index >= 15 is 0 Å². The van der Waals surface area contributed by atoms with Crippen LogP contribution >= 0.6 is 0 Å². The Bertz CT molecular complexity index is 69.6. The number of aliphatic imine (C=N–C) groups is 1. The van der Waals surface area contributed by atoms with Crippen LogP contribution < -0.4 is 0 Å². The Morgan fingerprint density at radius 1 is 1.67 bits per heavy atom. The summed E-state index contributed by atoms with van der Waals surface area (Å²) in [5.74, 6) is 0.